The van der Waals surface area contributed by atoms with Crippen LogP contribution in [0.5, 0.6) is 0 Å². The molecule has 0 aliphatic carbocycles. The van der Waals surface area contributed by atoms with E-state index in [-0.39, 0.29) is 21.8 Å². The third-order valence-electron chi connectivity index (χ3n) is 3.27. The molecule has 1 aromatic carbocycles. The summed E-state index contributed by atoms with van der Waals surface area (Å²) in [6.07, 6.45) is -4.90. The maximum atomic E-state index is 14.0. The zero-order chi connectivity index (χ0) is 17.5. The summed E-state index contributed by atoms with van der Waals surface area (Å²) in [6, 6.07) is 3.81. The van der Waals surface area contributed by atoms with E-state index >= 15 is 0 Å². The van der Waals surface area contributed by atoms with Crippen LogP contribution in [0, 0.1) is 24.1 Å². The summed E-state index contributed by atoms with van der Waals surface area (Å²) in [6.45, 7) is 1.45. The molecule has 0 spiro atoms. The van der Waals surface area contributed by atoms with E-state index in [0.29, 0.717) is 4.57 Å². The molecule has 1 aromatic heterocycles. The van der Waals surface area contributed by atoms with Crippen molar-refractivity contribution in [1.29, 1.82) is 5.26 Å². The molecule has 0 atom stereocenters. The molecule has 0 saturated heterocycles. The first-order valence-electron chi connectivity index (χ1n) is 6.19. The third kappa shape index (κ3) is 2.75. The monoisotopic (exact) mass is 327 g/mol. The minimum absolute atomic E-state index is 0.0111. The molecular formula is C14H9F4N3O2. The van der Waals surface area contributed by atoms with Gasteiger partial charge in [0.05, 0.1) is 17.3 Å². The van der Waals surface area contributed by atoms with Crippen molar-refractivity contribution < 1.29 is 17.6 Å². The van der Waals surface area contributed by atoms with Crippen LogP contribution >= 0.6 is 0 Å². The second-order valence-corrected chi connectivity index (χ2v) is 4.77. The van der Waals surface area contributed by atoms with Gasteiger partial charge in [-0.25, -0.2) is 13.8 Å². The lowest BCUT2D eigenvalue weighted by atomic mass is 10.1. The van der Waals surface area contributed by atoms with Gasteiger partial charge in [0.15, 0.2) is 0 Å². The number of nitrogens with zero attached hydrogens (tertiary/aromatic N) is 3. The van der Waals surface area contributed by atoms with Crippen molar-refractivity contribution >= 4 is 0 Å². The average molecular weight is 327 g/mol. The van der Waals surface area contributed by atoms with E-state index in [1.54, 1.807) is 6.07 Å². The quantitative estimate of drug-likeness (QED) is 0.751. The van der Waals surface area contributed by atoms with Gasteiger partial charge >= 0.3 is 11.9 Å². The van der Waals surface area contributed by atoms with Crippen LogP contribution in [0.4, 0.5) is 17.6 Å². The van der Waals surface area contributed by atoms with Crippen LogP contribution in [0.15, 0.2) is 27.8 Å². The Morgan fingerprint density at radius 3 is 2.30 bits per heavy atom. The first-order valence-corrected chi connectivity index (χ1v) is 6.19. The molecule has 9 heteroatoms. The van der Waals surface area contributed by atoms with Crippen LogP contribution in [0.3, 0.4) is 0 Å². The van der Waals surface area contributed by atoms with Gasteiger partial charge < -0.3 is 0 Å². The predicted octanol–water partition coefficient (Wildman–Crippen LogP) is 1.87. The van der Waals surface area contributed by atoms with Gasteiger partial charge in [-0.3, -0.25) is 9.36 Å². The van der Waals surface area contributed by atoms with Crippen molar-refractivity contribution in [3.8, 4) is 11.8 Å². The van der Waals surface area contributed by atoms with E-state index in [2.05, 4.69) is 0 Å². The molecule has 1 heterocycles. The Labute approximate surface area is 126 Å². The maximum Gasteiger partial charge on any atom is 0.431 e. The fourth-order valence-electron chi connectivity index (χ4n) is 2.08. The number of alkyl halides is 3. The van der Waals surface area contributed by atoms with E-state index in [1.165, 1.54) is 6.92 Å². The van der Waals surface area contributed by atoms with Gasteiger partial charge in [-0.05, 0) is 24.6 Å². The van der Waals surface area contributed by atoms with Gasteiger partial charge in [0.1, 0.15) is 11.5 Å². The Bertz CT molecular complexity index is 949. The van der Waals surface area contributed by atoms with E-state index in [9.17, 15) is 27.2 Å². The molecule has 2 aromatic rings. The van der Waals surface area contributed by atoms with Crippen molar-refractivity contribution in [2.45, 2.75) is 13.1 Å². The number of nitriles is 1. The van der Waals surface area contributed by atoms with Crippen molar-refractivity contribution in [2.24, 2.45) is 7.05 Å². The highest BCUT2D eigenvalue weighted by Crippen LogP contribution is 2.27. The summed E-state index contributed by atoms with van der Waals surface area (Å²) >= 11 is 0. The number of hydrogen-bond donors (Lipinski definition) is 0. The molecule has 0 aliphatic rings. The lowest BCUT2D eigenvalue weighted by molar-refractivity contribution is -0.144. The topological polar surface area (TPSA) is 67.8 Å². The van der Waals surface area contributed by atoms with Crippen LogP contribution in [0.25, 0.3) is 5.69 Å². The number of hydrogen-bond acceptors (Lipinski definition) is 3. The van der Waals surface area contributed by atoms with E-state index in [1.807, 2.05) is 0 Å². The predicted molar refractivity (Wildman–Crippen MR) is 71.7 cm³/mol. The largest absolute Gasteiger partial charge is 0.431 e. The molecule has 120 valence electrons. The highest BCUT2D eigenvalue weighted by molar-refractivity contribution is 5.46. The maximum absolute atomic E-state index is 14.0. The standard InChI is InChI=1S/C14H9F4N3O2/c1-7-3-10(9(15)4-8(7)6-19)21-12(22)5-11(14(16,17)18)20(2)13(21)23/h3-5H,1-2H3. The van der Waals surface area contributed by atoms with Crippen molar-refractivity contribution in [1.82, 2.24) is 9.13 Å². The summed E-state index contributed by atoms with van der Waals surface area (Å²) in [4.78, 5) is 24.0. The first kappa shape index (κ1) is 16.5. The second-order valence-electron chi connectivity index (χ2n) is 4.77. The second kappa shape index (κ2) is 5.39. The fourth-order valence-corrected chi connectivity index (χ4v) is 2.08. The van der Waals surface area contributed by atoms with Gasteiger partial charge in [0, 0.05) is 13.1 Å². The van der Waals surface area contributed by atoms with Gasteiger partial charge in [-0.2, -0.15) is 18.4 Å². The number of halogens is 4. The van der Waals surface area contributed by atoms with Crippen molar-refractivity contribution in [3.63, 3.8) is 0 Å². The van der Waals surface area contributed by atoms with Crippen LogP contribution in [-0.4, -0.2) is 9.13 Å². The molecule has 5 nitrogen and oxygen atoms in total. The Morgan fingerprint density at radius 2 is 1.78 bits per heavy atom. The van der Waals surface area contributed by atoms with Crippen molar-refractivity contribution in [2.75, 3.05) is 0 Å². The smallest absolute Gasteiger partial charge is 0.292 e. The molecular weight excluding hydrogens is 318 g/mol. The number of benzene rings is 1. The van der Waals surface area contributed by atoms with Crippen LogP contribution in [-0.2, 0) is 13.2 Å². The van der Waals surface area contributed by atoms with Gasteiger partial charge in [0.2, 0.25) is 0 Å². The van der Waals surface area contributed by atoms with Crippen LogP contribution in [0.1, 0.15) is 16.8 Å². The molecule has 0 radical (unpaired) electrons. The van der Waals surface area contributed by atoms with Gasteiger partial charge in [-0.15, -0.1) is 0 Å². The molecule has 0 saturated carbocycles. The van der Waals surface area contributed by atoms with Gasteiger partial charge in [0.25, 0.3) is 5.56 Å². The zero-order valence-electron chi connectivity index (χ0n) is 11.9. The molecule has 0 aliphatic heterocycles. The van der Waals surface area contributed by atoms with Crippen LogP contribution < -0.4 is 11.2 Å². The first-order chi connectivity index (χ1) is 10.6. The lowest BCUT2D eigenvalue weighted by Gasteiger charge is -2.14. The van der Waals surface area contributed by atoms with Gasteiger partial charge in [-0.1, -0.05) is 0 Å². The Morgan fingerprint density at radius 1 is 1.17 bits per heavy atom. The summed E-state index contributed by atoms with van der Waals surface area (Å²) < 4.78 is 52.9. The van der Waals surface area contributed by atoms with E-state index in [0.717, 1.165) is 19.2 Å². The summed E-state index contributed by atoms with van der Waals surface area (Å²) in [5, 5.41) is 8.81. The minimum Gasteiger partial charge on any atom is -0.292 e. The number of rotatable bonds is 1. The molecule has 0 bridgehead atoms. The Kier molecular flexibility index (Phi) is 3.86. The summed E-state index contributed by atoms with van der Waals surface area (Å²) in [5.74, 6) is -1.06. The Hall–Kier alpha value is -2.89. The molecule has 0 fully saturated rings. The van der Waals surface area contributed by atoms with Crippen LogP contribution in [0.2, 0.25) is 0 Å². The molecule has 0 amide bonds. The fraction of sp³-hybridized carbons (Fsp3) is 0.214. The van der Waals surface area contributed by atoms with E-state index < -0.39 is 34.6 Å². The minimum atomic E-state index is -4.90. The normalized spacial score (nSPS) is 11.3. The third-order valence-corrected chi connectivity index (χ3v) is 3.27. The summed E-state index contributed by atoms with van der Waals surface area (Å²) in [5.41, 5.74) is -4.34. The number of aromatic nitrogens is 2. The highest BCUT2D eigenvalue weighted by atomic mass is 19.4. The molecule has 2 rings (SSSR count). The lowest BCUT2D eigenvalue weighted by Crippen LogP contribution is -2.41. The summed E-state index contributed by atoms with van der Waals surface area (Å²) in [7, 11) is 0.829. The zero-order valence-corrected chi connectivity index (χ0v) is 11.9. The molecule has 23 heavy (non-hydrogen) atoms. The molecule has 0 unspecified atom stereocenters. The number of aryl methyl sites for hydroxylation is 1. The Balaban J connectivity index is 2.85. The molecule has 0 N–H and O–H groups in total. The van der Waals surface area contributed by atoms with Crippen molar-refractivity contribution in [3.05, 3.63) is 61.7 Å². The average Bonchev–Trinajstić information content (AvgIpc) is 2.45. The SMILES string of the molecule is Cc1cc(-n2c(=O)cc(C(F)(F)F)n(C)c2=O)c(F)cc1C#N. The van der Waals surface area contributed by atoms with E-state index in [4.69, 9.17) is 5.26 Å². The highest BCUT2D eigenvalue weighted by Gasteiger charge is 2.35.